The van der Waals surface area contributed by atoms with E-state index in [0.717, 1.165) is 22.0 Å². The molecule has 2 aromatic carbocycles. The first-order valence-corrected chi connectivity index (χ1v) is 6.91. The normalized spacial score (nSPS) is 11.3. The Morgan fingerprint density at radius 2 is 2.09 bits per heavy atom. The number of nitrogens with one attached hydrogen (secondary N) is 1. The quantitative estimate of drug-likeness (QED) is 0.594. The van der Waals surface area contributed by atoms with Gasteiger partial charge in [0.1, 0.15) is 5.69 Å². The first-order valence-electron chi connectivity index (χ1n) is 6.91. The fourth-order valence-electron chi connectivity index (χ4n) is 2.89. The van der Waals surface area contributed by atoms with Crippen LogP contribution in [0.15, 0.2) is 48.7 Å². The number of rotatable bonds is 2. The van der Waals surface area contributed by atoms with Crippen LogP contribution >= 0.6 is 0 Å². The Balaban J connectivity index is 2.01. The summed E-state index contributed by atoms with van der Waals surface area (Å²) in [6.45, 7) is 0. The Kier molecular flexibility index (Phi) is 2.56. The van der Waals surface area contributed by atoms with Gasteiger partial charge in [-0.15, -0.1) is 0 Å². The minimum absolute atomic E-state index is 0.259. The van der Waals surface area contributed by atoms with E-state index >= 15 is 0 Å². The van der Waals surface area contributed by atoms with Crippen LogP contribution in [-0.4, -0.2) is 25.8 Å². The molecule has 0 aliphatic heterocycles. The number of hydrogen-bond acceptors (Lipinski definition) is 2. The van der Waals surface area contributed by atoms with Crippen LogP contribution in [0.1, 0.15) is 10.4 Å². The Bertz CT molecular complexity index is 1030. The third-order valence-corrected chi connectivity index (χ3v) is 3.98. The van der Waals surface area contributed by atoms with Crippen LogP contribution in [0.5, 0.6) is 0 Å². The molecule has 0 radical (unpaired) electrons. The summed E-state index contributed by atoms with van der Waals surface area (Å²) >= 11 is 0. The van der Waals surface area contributed by atoms with Crippen LogP contribution in [0.2, 0.25) is 0 Å². The zero-order chi connectivity index (χ0) is 15.3. The number of aryl methyl sites for hydroxylation is 1. The maximum atomic E-state index is 11.5. The third-order valence-electron chi connectivity index (χ3n) is 3.98. The van der Waals surface area contributed by atoms with Gasteiger partial charge in [-0.1, -0.05) is 12.1 Å². The number of carbonyl (C=O) groups is 1. The van der Waals surface area contributed by atoms with Gasteiger partial charge in [0.15, 0.2) is 0 Å². The number of aromatic nitrogens is 3. The number of carboxylic acid groups (broad SMARTS) is 1. The number of aromatic carboxylic acids is 1. The Hall–Kier alpha value is -3.08. The highest BCUT2D eigenvalue weighted by Gasteiger charge is 2.16. The maximum Gasteiger partial charge on any atom is 0.336 e. The molecule has 0 fully saturated rings. The van der Waals surface area contributed by atoms with Crippen LogP contribution in [-0.2, 0) is 7.05 Å². The minimum atomic E-state index is -0.950. The van der Waals surface area contributed by atoms with E-state index in [0.29, 0.717) is 11.1 Å². The molecule has 0 saturated heterocycles. The van der Waals surface area contributed by atoms with Crippen LogP contribution in [0.4, 0.5) is 0 Å². The van der Waals surface area contributed by atoms with E-state index in [1.807, 2.05) is 48.1 Å². The molecule has 0 atom stereocenters. The molecule has 2 heterocycles. The van der Waals surface area contributed by atoms with Gasteiger partial charge in [-0.25, -0.2) is 4.79 Å². The predicted octanol–water partition coefficient (Wildman–Crippen LogP) is 3.42. The zero-order valence-electron chi connectivity index (χ0n) is 11.9. The number of fused-ring (bicyclic) bond motifs is 2. The van der Waals surface area contributed by atoms with Gasteiger partial charge in [0.05, 0.1) is 11.1 Å². The monoisotopic (exact) mass is 291 g/mol. The summed E-state index contributed by atoms with van der Waals surface area (Å²) in [5, 5.41) is 18.4. The van der Waals surface area contributed by atoms with Gasteiger partial charge in [-0.05, 0) is 30.3 Å². The lowest BCUT2D eigenvalue weighted by Gasteiger charge is -2.03. The summed E-state index contributed by atoms with van der Waals surface area (Å²) in [7, 11) is 1.99. The molecular weight excluding hydrogens is 278 g/mol. The fourth-order valence-corrected chi connectivity index (χ4v) is 2.89. The largest absolute Gasteiger partial charge is 0.478 e. The van der Waals surface area contributed by atoms with Crippen molar-refractivity contribution in [3.63, 3.8) is 0 Å². The Morgan fingerprint density at radius 1 is 1.23 bits per heavy atom. The molecule has 108 valence electrons. The number of aromatic amines is 1. The van der Waals surface area contributed by atoms with Gasteiger partial charge in [-0.2, -0.15) is 5.10 Å². The summed E-state index contributed by atoms with van der Waals surface area (Å²) < 4.78 is 2.05. The topological polar surface area (TPSA) is 70.9 Å². The van der Waals surface area contributed by atoms with Crippen molar-refractivity contribution in [3.05, 3.63) is 54.2 Å². The minimum Gasteiger partial charge on any atom is -0.478 e. The van der Waals surface area contributed by atoms with Crippen LogP contribution < -0.4 is 0 Å². The van der Waals surface area contributed by atoms with E-state index in [1.165, 1.54) is 0 Å². The van der Waals surface area contributed by atoms with Gasteiger partial charge in [0.25, 0.3) is 0 Å². The van der Waals surface area contributed by atoms with Gasteiger partial charge in [0.2, 0.25) is 0 Å². The number of H-pyrrole nitrogens is 1. The highest BCUT2D eigenvalue weighted by atomic mass is 16.4. The summed E-state index contributed by atoms with van der Waals surface area (Å²) in [6.07, 6.45) is 2.00. The summed E-state index contributed by atoms with van der Waals surface area (Å²) in [5.74, 6) is -0.950. The third kappa shape index (κ3) is 1.72. The number of benzene rings is 2. The van der Waals surface area contributed by atoms with Crippen molar-refractivity contribution in [3.8, 4) is 11.3 Å². The molecule has 0 aliphatic rings. The van der Waals surface area contributed by atoms with Crippen molar-refractivity contribution in [2.75, 3.05) is 0 Å². The number of carboxylic acids is 1. The van der Waals surface area contributed by atoms with Gasteiger partial charge >= 0.3 is 5.97 Å². The van der Waals surface area contributed by atoms with Crippen molar-refractivity contribution >= 4 is 27.8 Å². The molecule has 5 nitrogen and oxygen atoms in total. The smallest absolute Gasteiger partial charge is 0.336 e. The molecule has 2 aromatic heterocycles. The second kappa shape index (κ2) is 4.46. The Morgan fingerprint density at radius 3 is 2.91 bits per heavy atom. The lowest BCUT2D eigenvalue weighted by Crippen LogP contribution is -1.97. The van der Waals surface area contributed by atoms with E-state index in [1.54, 1.807) is 12.1 Å². The van der Waals surface area contributed by atoms with Crippen LogP contribution in [0, 0.1) is 0 Å². The van der Waals surface area contributed by atoms with Crippen molar-refractivity contribution in [2.45, 2.75) is 0 Å². The molecular formula is C17H13N3O2. The summed E-state index contributed by atoms with van der Waals surface area (Å²) in [5.41, 5.74) is 3.68. The van der Waals surface area contributed by atoms with Gasteiger partial charge < -0.3 is 9.67 Å². The molecule has 0 aliphatic carbocycles. The Labute approximate surface area is 125 Å². The van der Waals surface area contributed by atoms with Crippen LogP contribution in [0.25, 0.3) is 33.1 Å². The van der Waals surface area contributed by atoms with E-state index in [2.05, 4.69) is 10.2 Å². The molecule has 4 aromatic rings. The predicted molar refractivity (Wildman–Crippen MR) is 85.0 cm³/mol. The first kappa shape index (κ1) is 12.6. The molecule has 0 amide bonds. The zero-order valence-corrected chi connectivity index (χ0v) is 11.9. The molecule has 0 saturated carbocycles. The summed E-state index contributed by atoms with van der Waals surface area (Å²) in [4.78, 5) is 11.5. The molecule has 5 heteroatoms. The second-order valence-corrected chi connectivity index (χ2v) is 5.31. The van der Waals surface area contributed by atoms with Gasteiger partial charge in [-0.3, -0.25) is 5.10 Å². The van der Waals surface area contributed by atoms with Crippen LogP contribution in [0.3, 0.4) is 0 Å². The second-order valence-electron chi connectivity index (χ2n) is 5.31. The lowest BCUT2D eigenvalue weighted by molar-refractivity contribution is 0.0699. The van der Waals surface area contributed by atoms with E-state index in [4.69, 9.17) is 0 Å². The average molecular weight is 291 g/mol. The molecule has 22 heavy (non-hydrogen) atoms. The van der Waals surface area contributed by atoms with Gasteiger partial charge in [0, 0.05) is 35.1 Å². The number of hydrogen-bond donors (Lipinski definition) is 2. The van der Waals surface area contributed by atoms with Crippen molar-refractivity contribution in [2.24, 2.45) is 7.05 Å². The highest BCUT2D eigenvalue weighted by Crippen LogP contribution is 2.31. The molecule has 0 unspecified atom stereocenters. The van der Waals surface area contributed by atoms with Crippen molar-refractivity contribution in [1.82, 2.24) is 14.8 Å². The van der Waals surface area contributed by atoms with E-state index < -0.39 is 5.97 Å². The summed E-state index contributed by atoms with van der Waals surface area (Å²) in [6, 6.07) is 13.2. The standard InChI is InChI=1S/C17H13N3O2/c1-20-8-7-10-9-11(5-6-14(10)20)16-15-12(17(21)22)3-2-4-13(15)18-19-16/h2-9H,1H3,(H,18,19)(H,21,22). The molecule has 0 spiro atoms. The maximum absolute atomic E-state index is 11.5. The van der Waals surface area contributed by atoms with E-state index in [-0.39, 0.29) is 5.56 Å². The first-order chi connectivity index (χ1) is 10.6. The SMILES string of the molecule is Cn1ccc2cc(-c3n[nH]c4cccc(C(=O)O)c34)ccc21. The fraction of sp³-hybridized carbons (Fsp3) is 0.0588. The van der Waals surface area contributed by atoms with E-state index in [9.17, 15) is 9.90 Å². The average Bonchev–Trinajstić information content (AvgIpc) is 3.10. The molecule has 4 rings (SSSR count). The molecule has 2 N–H and O–H groups in total. The highest BCUT2D eigenvalue weighted by molar-refractivity contribution is 6.08. The van der Waals surface area contributed by atoms with Crippen molar-refractivity contribution in [1.29, 1.82) is 0 Å². The molecule has 0 bridgehead atoms. The lowest BCUT2D eigenvalue weighted by atomic mass is 10.0. The van der Waals surface area contributed by atoms with Crippen molar-refractivity contribution < 1.29 is 9.90 Å². The number of nitrogens with zero attached hydrogens (tertiary/aromatic N) is 2.